The summed E-state index contributed by atoms with van der Waals surface area (Å²) < 4.78 is 0. The Balaban J connectivity index is 1.98. The van der Waals surface area contributed by atoms with Gasteiger partial charge in [-0.15, -0.1) is 11.3 Å². The number of nitrogens with one attached hydrogen (secondary N) is 1. The number of benzene rings is 1. The number of hydrogen-bond acceptors (Lipinski definition) is 3. The quantitative estimate of drug-likeness (QED) is 0.530. The zero-order valence-corrected chi connectivity index (χ0v) is 12.5. The molecular weight excluding hydrogens is 274 g/mol. The molecule has 1 N–H and O–H groups in total. The van der Waals surface area contributed by atoms with Crippen LogP contribution in [0, 0.1) is 6.92 Å². The van der Waals surface area contributed by atoms with Crippen LogP contribution < -0.4 is 5.32 Å². The predicted octanol–water partition coefficient (Wildman–Crippen LogP) is 3.72. The summed E-state index contributed by atoms with van der Waals surface area (Å²) in [6, 6.07) is 12.0. The van der Waals surface area contributed by atoms with Gasteiger partial charge in [-0.05, 0) is 42.2 Å². The zero-order chi connectivity index (χ0) is 13.7. The van der Waals surface area contributed by atoms with Crippen molar-refractivity contribution in [1.29, 1.82) is 0 Å². The van der Waals surface area contributed by atoms with Crippen molar-refractivity contribution in [1.82, 2.24) is 5.01 Å². The van der Waals surface area contributed by atoms with Gasteiger partial charge in [0.15, 0.2) is 5.11 Å². The highest BCUT2D eigenvalue weighted by Crippen LogP contribution is 2.13. The van der Waals surface area contributed by atoms with Crippen LogP contribution in [0.25, 0.3) is 0 Å². The van der Waals surface area contributed by atoms with E-state index in [-0.39, 0.29) is 0 Å². The maximum absolute atomic E-state index is 5.32. The minimum absolute atomic E-state index is 0.571. The predicted molar refractivity (Wildman–Crippen MR) is 87.1 cm³/mol. The third kappa shape index (κ3) is 3.87. The highest BCUT2D eigenvalue weighted by Gasteiger charge is 2.04. The highest BCUT2D eigenvalue weighted by molar-refractivity contribution is 7.80. The molecule has 0 atom stereocenters. The van der Waals surface area contributed by atoms with Crippen LogP contribution in [0.15, 0.2) is 46.9 Å². The fraction of sp³-hybridized carbons (Fsp3) is 0.143. The number of hydrogen-bond donors (Lipinski definition) is 1. The normalized spacial score (nSPS) is 10.6. The first-order chi connectivity index (χ1) is 9.16. The number of rotatable bonds is 3. The summed E-state index contributed by atoms with van der Waals surface area (Å²) in [4.78, 5) is 1.10. The van der Waals surface area contributed by atoms with Crippen LogP contribution in [0.1, 0.15) is 10.4 Å². The molecule has 0 fully saturated rings. The fourth-order valence-electron chi connectivity index (χ4n) is 1.47. The molecule has 2 rings (SSSR count). The van der Waals surface area contributed by atoms with E-state index in [1.807, 2.05) is 55.7 Å². The van der Waals surface area contributed by atoms with Crippen molar-refractivity contribution in [3.8, 4) is 0 Å². The largest absolute Gasteiger partial charge is 0.331 e. The second-order valence-corrected chi connectivity index (χ2v) is 5.39. The summed E-state index contributed by atoms with van der Waals surface area (Å²) >= 11 is 6.96. The molecule has 0 bridgehead atoms. The van der Waals surface area contributed by atoms with Crippen molar-refractivity contribution in [2.24, 2.45) is 5.10 Å². The molecule has 1 heterocycles. The highest BCUT2D eigenvalue weighted by atomic mass is 32.1. The monoisotopic (exact) mass is 289 g/mol. The molecule has 98 valence electrons. The van der Waals surface area contributed by atoms with Gasteiger partial charge in [0.25, 0.3) is 0 Å². The molecule has 1 aromatic heterocycles. The molecule has 0 radical (unpaired) electrons. The van der Waals surface area contributed by atoms with Gasteiger partial charge in [-0.25, -0.2) is 5.01 Å². The first-order valence-electron chi connectivity index (χ1n) is 5.84. The van der Waals surface area contributed by atoms with Crippen molar-refractivity contribution in [2.45, 2.75) is 6.92 Å². The lowest BCUT2D eigenvalue weighted by atomic mass is 10.2. The lowest BCUT2D eigenvalue weighted by Gasteiger charge is -2.16. The molecule has 5 heteroatoms. The second kappa shape index (κ2) is 6.45. The summed E-state index contributed by atoms with van der Waals surface area (Å²) in [7, 11) is 1.83. The Labute approximate surface area is 122 Å². The SMILES string of the molecule is Cc1ccccc1NC(=S)N(C)/N=C/c1cccs1. The summed E-state index contributed by atoms with van der Waals surface area (Å²) in [5, 5.41) is 11.7. The van der Waals surface area contributed by atoms with Crippen LogP contribution in [-0.4, -0.2) is 23.4 Å². The van der Waals surface area contributed by atoms with Gasteiger partial charge in [0.2, 0.25) is 0 Å². The standard InChI is InChI=1S/C14H15N3S2/c1-11-6-3-4-8-13(11)16-14(18)17(2)15-10-12-7-5-9-19-12/h3-10H,1-2H3,(H,16,18)/b15-10+. The minimum atomic E-state index is 0.571. The van der Waals surface area contributed by atoms with E-state index < -0.39 is 0 Å². The Hall–Kier alpha value is -1.72. The van der Waals surface area contributed by atoms with Gasteiger partial charge in [0.1, 0.15) is 0 Å². The van der Waals surface area contributed by atoms with E-state index in [2.05, 4.69) is 10.4 Å². The van der Waals surface area contributed by atoms with Crippen LogP contribution in [0.5, 0.6) is 0 Å². The van der Waals surface area contributed by atoms with E-state index in [4.69, 9.17) is 12.2 Å². The van der Waals surface area contributed by atoms with Crippen molar-refractivity contribution < 1.29 is 0 Å². The molecule has 3 nitrogen and oxygen atoms in total. The summed E-state index contributed by atoms with van der Waals surface area (Å²) in [5.41, 5.74) is 2.16. The molecule has 0 spiro atoms. The average Bonchev–Trinajstić information content (AvgIpc) is 2.91. The molecule has 0 amide bonds. The molecule has 19 heavy (non-hydrogen) atoms. The second-order valence-electron chi connectivity index (χ2n) is 4.03. The third-order valence-electron chi connectivity index (χ3n) is 2.58. The van der Waals surface area contributed by atoms with Crippen molar-refractivity contribution in [3.05, 3.63) is 52.2 Å². The van der Waals surface area contributed by atoms with Crippen molar-refractivity contribution >= 4 is 40.6 Å². The van der Waals surface area contributed by atoms with E-state index in [1.54, 1.807) is 22.6 Å². The Morgan fingerprint density at radius 2 is 2.11 bits per heavy atom. The van der Waals surface area contributed by atoms with E-state index in [0.29, 0.717) is 5.11 Å². The smallest absolute Gasteiger partial charge is 0.193 e. The maximum Gasteiger partial charge on any atom is 0.193 e. The molecule has 0 saturated heterocycles. The molecule has 0 saturated carbocycles. The maximum atomic E-state index is 5.32. The van der Waals surface area contributed by atoms with Gasteiger partial charge in [-0.3, -0.25) is 0 Å². The number of para-hydroxylation sites is 1. The van der Waals surface area contributed by atoms with Crippen molar-refractivity contribution in [3.63, 3.8) is 0 Å². The summed E-state index contributed by atoms with van der Waals surface area (Å²) in [6.07, 6.45) is 1.80. The molecule has 0 aliphatic heterocycles. The molecule has 0 aliphatic carbocycles. The molecule has 2 aromatic rings. The number of thiophene rings is 1. The number of nitrogens with zero attached hydrogens (tertiary/aromatic N) is 2. The summed E-state index contributed by atoms with van der Waals surface area (Å²) in [6.45, 7) is 2.04. The van der Waals surface area contributed by atoms with Crippen LogP contribution in [-0.2, 0) is 0 Å². The third-order valence-corrected chi connectivity index (χ3v) is 3.76. The summed E-state index contributed by atoms with van der Waals surface area (Å²) in [5.74, 6) is 0. The van der Waals surface area contributed by atoms with Gasteiger partial charge < -0.3 is 5.32 Å². The van der Waals surface area contributed by atoms with Gasteiger partial charge in [0, 0.05) is 17.6 Å². The first-order valence-corrected chi connectivity index (χ1v) is 7.13. The van der Waals surface area contributed by atoms with Gasteiger partial charge in [0.05, 0.1) is 6.21 Å². The lowest BCUT2D eigenvalue weighted by Crippen LogP contribution is -2.26. The minimum Gasteiger partial charge on any atom is -0.331 e. The van der Waals surface area contributed by atoms with E-state index >= 15 is 0 Å². The van der Waals surface area contributed by atoms with Crippen LogP contribution in [0.2, 0.25) is 0 Å². The number of aryl methyl sites for hydroxylation is 1. The molecule has 0 unspecified atom stereocenters. The lowest BCUT2D eigenvalue weighted by molar-refractivity contribution is 0.557. The topological polar surface area (TPSA) is 27.6 Å². The zero-order valence-electron chi connectivity index (χ0n) is 10.8. The Bertz CT molecular complexity index is 576. The average molecular weight is 289 g/mol. The first kappa shape index (κ1) is 13.7. The van der Waals surface area contributed by atoms with Crippen LogP contribution in [0.4, 0.5) is 5.69 Å². The van der Waals surface area contributed by atoms with Crippen LogP contribution >= 0.6 is 23.6 Å². The number of anilines is 1. The Kier molecular flexibility index (Phi) is 4.65. The van der Waals surface area contributed by atoms with Crippen molar-refractivity contribution in [2.75, 3.05) is 12.4 Å². The van der Waals surface area contributed by atoms with E-state index in [9.17, 15) is 0 Å². The Morgan fingerprint density at radius 3 is 2.79 bits per heavy atom. The van der Waals surface area contributed by atoms with Crippen LogP contribution in [0.3, 0.4) is 0 Å². The molecule has 0 aliphatic rings. The fourth-order valence-corrected chi connectivity index (χ4v) is 2.21. The number of thiocarbonyl (C=S) groups is 1. The molecule has 1 aromatic carbocycles. The molecular formula is C14H15N3S2. The van der Waals surface area contributed by atoms with E-state index in [0.717, 1.165) is 16.1 Å². The Morgan fingerprint density at radius 1 is 1.32 bits per heavy atom. The van der Waals surface area contributed by atoms with Gasteiger partial charge in [-0.2, -0.15) is 5.10 Å². The van der Waals surface area contributed by atoms with E-state index in [1.165, 1.54) is 0 Å². The van der Waals surface area contributed by atoms with Gasteiger partial charge in [-0.1, -0.05) is 24.3 Å². The number of hydrazone groups is 1. The van der Waals surface area contributed by atoms with Gasteiger partial charge >= 0.3 is 0 Å².